The largest absolute Gasteiger partial charge is 0.481 e. The van der Waals surface area contributed by atoms with E-state index in [2.05, 4.69) is 13.8 Å². The topological polar surface area (TPSA) is 63.2 Å². The molecule has 32 heavy (non-hydrogen) atoms. The lowest BCUT2D eigenvalue weighted by Gasteiger charge is -2.18. The van der Waals surface area contributed by atoms with Crippen molar-refractivity contribution in [2.45, 2.75) is 34.1 Å². The Hall–Kier alpha value is -1.27. The van der Waals surface area contributed by atoms with E-state index in [9.17, 15) is 4.57 Å². The van der Waals surface area contributed by atoms with E-state index in [0.29, 0.717) is 34.7 Å². The Bertz CT molecular complexity index is 856. The van der Waals surface area contributed by atoms with E-state index in [1.54, 1.807) is 26.0 Å². The third kappa shape index (κ3) is 8.93. The summed E-state index contributed by atoms with van der Waals surface area (Å²) in [6.45, 7) is 9.06. The number of ether oxygens (including phenoxy) is 3. The summed E-state index contributed by atoms with van der Waals surface area (Å²) in [6, 6.07) is 11.0. The van der Waals surface area contributed by atoms with Crippen molar-refractivity contribution in [2.75, 3.05) is 33.0 Å². The molecule has 2 aromatic carbocycles. The number of rotatable bonds is 14. The van der Waals surface area contributed by atoms with E-state index < -0.39 is 7.60 Å². The van der Waals surface area contributed by atoms with Crippen LogP contribution >= 0.6 is 30.8 Å². The van der Waals surface area contributed by atoms with Crippen molar-refractivity contribution >= 4 is 30.8 Å². The molecule has 0 bridgehead atoms. The van der Waals surface area contributed by atoms with E-state index in [-0.39, 0.29) is 26.4 Å². The number of hydrogen-bond donors (Lipinski definition) is 0. The molecule has 2 rings (SSSR count). The van der Waals surface area contributed by atoms with Crippen LogP contribution in [-0.2, 0) is 24.8 Å². The minimum absolute atomic E-state index is 0.218. The van der Waals surface area contributed by atoms with Crippen molar-refractivity contribution in [1.29, 1.82) is 0 Å². The highest BCUT2D eigenvalue weighted by atomic mass is 35.5. The van der Waals surface area contributed by atoms with Gasteiger partial charge in [-0.15, -0.1) is 0 Å². The maximum absolute atomic E-state index is 12.6. The lowest BCUT2D eigenvalue weighted by molar-refractivity contribution is 0.00272. The zero-order valence-corrected chi connectivity index (χ0v) is 21.3. The van der Waals surface area contributed by atoms with Crippen LogP contribution in [-0.4, -0.2) is 33.0 Å². The van der Waals surface area contributed by atoms with Crippen LogP contribution < -0.4 is 9.47 Å². The zero-order valence-electron chi connectivity index (χ0n) is 18.9. The van der Waals surface area contributed by atoms with E-state index in [0.717, 1.165) is 16.9 Å². The summed E-state index contributed by atoms with van der Waals surface area (Å²) >= 11 is 12.9. The number of hydrogen-bond acceptors (Lipinski definition) is 6. The van der Waals surface area contributed by atoms with Crippen molar-refractivity contribution < 1.29 is 27.8 Å². The lowest BCUT2D eigenvalue weighted by atomic mass is 10.0. The Morgan fingerprint density at radius 1 is 0.906 bits per heavy atom. The van der Waals surface area contributed by atoms with E-state index in [4.69, 9.17) is 46.5 Å². The molecule has 0 saturated heterocycles. The first-order valence-corrected chi connectivity index (χ1v) is 13.0. The summed E-state index contributed by atoms with van der Waals surface area (Å²) in [7, 11) is -3.33. The van der Waals surface area contributed by atoms with Crippen molar-refractivity contribution in [3.8, 4) is 11.5 Å². The second-order valence-corrected chi connectivity index (χ2v) is 10.2. The SMILES string of the molecule is CCOP(=O)(COc1cc(Cl)c(Cc2ccc(OCOCC(C)C)cc2)c(Cl)c1)OCC. The van der Waals surface area contributed by atoms with Gasteiger partial charge in [0.05, 0.1) is 19.8 Å². The summed E-state index contributed by atoms with van der Waals surface area (Å²) in [5.74, 6) is 1.59. The molecule has 6 nitrogen and oxygen atoms in total. The van der Waals surface area contributed by atoms with Gasteiger partial charge in [0.15, 0.2) is 13.1 Å². The van der Waals surface area contributed by atoms with Crippen molar-refractivity contribution in [2.24, 2.45) is 5.92 Å². The van der Waals surface area contributed by atoms with Crippen molar-refractivity contribution in [3.63, 3.8) is 0 Å². The average Bonchev–Trinajstić information content (AvgIpc) is 2.74. The predicted octanol–water partition coefficient (Wildman–Crippen LogP) is 7.20. The minimum atomic E-state index is -3.33. The van der Waals surface area contributed by atoms with Crippen LogP contribution in [0.15, 0.2) is 36.4 Å². The fourth-order valence-electron chi connectivity index (χ4n) is 2.79. The Morgan fingerprint density at radius 2 is 1.50 bits per heavy atom. The molecule has 0 atom stereocenters. The molecule has 0 aliphatic carbocycles. The molecule has 0 unspecified atom stereocenters. The van der Waals surface area contributed by atoms with Gasteiger partial charge in [0, 0.05) is 16.5 Å². The van der Waals surface area contributed by atoms with Gasteiger partial charge in [-0.2, -0.15) is 0 Å². The van der Waals surface area contributed by atoms with Crippen molar-refractivity contribution in [1.82, 2.24) is 0 Å². The smallest absolute Gasteiger partial charge is 0.367 e. The fraction of sp³-hybridized carbons (Fsp3) is 0.478. The molecule has 0 saturated carbocycles. The normalized spacial score (nSPS) is 11.7. The van der Waals surface area contributed by atoms with Gasteiger partial charge in [0.2, 0.25) is 0 Å². The molecule has 0 amide bonds. The summed E-state index contributed by atoms with van der Waals surface area (Å²) in [5, 5.41) is 0.912. The monoisotopic (exact) mass is 504 g/mol. The van der Waals surface area contributed by atoms with Gasteiger partial charge in [0.1, 0.15) is 11.5 Å². The third-order valence-electron chi connectivity index (χ3n) is 4.22. The molecule has 0 aliphatic heterocycles. The lowest BCUT2D eigenvalue weighted by Crippen LogP contribution is -2.07. The van der Waals surface area contributed by atoms with E-state index in [1.165, 1.54) is 0 Å². The quantitative estimate of drug-likeness (QED) is 0.154. The fourth-order valence-corrected chi connectivity index (χ4v) is 4.71. The molecule has 0 aliphatic rings. The van der Waals surface area contributed by atoms with Gasteiger partial charge in [-0.25, -0.2) is 0 Å². The Morgan fingerprint density at radius 3 is 2.03 bits per heavy atom. The molecule has 0 fully saturated rings. The van der Waals surface area contributed by atoms with Gasteiger partial charge < -0.3 is 23.3 Å². The maximum Gasteiger partial charge on any atom is 0.367 e. The van der Waals surface area contributed by atoms with Crippen LogP contribution in [0.3, 0.4) is 0 Å². The van der Waals surface area contributed by atoms with Gasteiger partial charge in [-0.3, -0.25) is 4.57 Å². The third-order valence-corrected chi connectivity index (χ3v) is 6.64. The standard InChI is InChI=1S/C23H31Cl2O6P/c1-5-30-32(26,31-6-2)16-29-20-12-22(24)21(23(25)13-20)11-18-7-9-19(10-8-18)28-15-27-14-17(3)4/h7-10,12-13,17H,5-6,11,14-16H2,1-4H3. The molecule has 2 aromatic rings. The van der Waals surface area contributed by atoms with Crippen LogP contribution in [0, 0.1) is 5.92 Å². The molecule has 178 valence electrons. The van der Waals surface area contributed by atoms with E-state index >= 15 is 0 Å². The Labute approximate surface area is 200 Å². The highest BCUT2D eigenvalue weighted by Crippen LogP contribution is 2.48. The maximum atomic E-state index is 12.6. The summed E-state index contributed by atoms with van der Waals surface area (Å²) in [4.78, 5) is 0. The number of halogens is 2. The number of benzene rings is 2. The second kappa shape index (κ2) is 13.4. The Balaban J connectivity index is 1.99. The molecule has 0 N–H and O–H groups in total. The van der Waals surface area contributed by atoms with Gasteiger partial charge in [-0.1, -0.05) is 49.2 Å². The molecule has 0 radical (unpaired) electrons. The molecule has 0 aromatic heterocycles. The first kappa shape index (κ1) is 27.0. The molecular weight excluding hydrogens is 474 g/mol. The highest BCUT2D eigenvalue weighted by Gasteiger charge is 2.25. The summed E-state index contributed by atoms with van der Waals surface area (Å²) in [6.07, 6.45) is 0.321. The van der Waals surface area contributed by atoms with Gasteiger partial charge in [-0.05, 0) is 55.2 Å². The van der Waals surface area contributed by atoms with Crippen LogP contribution in [0.5, 0.6) is 11.5 Å². The van der Waals surface area contributed by atoms with Crippen LogP contribution in [0.25, 0.3) is 0 Å². The van der Waals surface area contributed by atoms with Crippen LogP contribution in [0.2, 0.25) is 10.0 Å². The second-order valence-electron chi connectivity index (χ2n) is 7.43. The average molecular weight is 505 g/mol. The predicted molar refractivity (Wildman–Crippen MR) is 128 cm³/mol. The molecular formula is C23H31Cl2O6P. The molecule has 9 heteroatoms. The van der Waals surface area contributed by atoms with E-state index in [1.807, 2.05) is 24.3 Å². The minimum Gasteiger partial charge on any atom is -0.481 e. The zero-order chi connectivity index (χ0) is 23.6. The van der Waals surface area contributed by atoms with Crippen LogP contribution in [0.1, 0.15) is 38.8 Å². The first-order valence-electron chi connectivity index (χ1n) is 10.5. The van der Waals surface area contributed by atoms with Gasteiger partial charge >= 0.3 is 7.60 Å². The highest BCUT2D eigenvalue weighted by molar-refractivity contribution is 7.53. The van der Waals surface area contributed by atoms with Crippen LogP contribution in [0.4, 0.5) is 0 Å². The first-order chi connectivity index (χ1) is 15.3. The molecule has 0 heterocycles. The van der Waals surface area contributed by atoms with Gasteiger partial charge in [0.25, 0.3) is 0 Å². The molecule has 0 spiro atoms. The van der Waals surface area contributed by atoms with Crippen molar-refractivity contribution in [3.05, 3.63) is 57.6 Å². The summed E-state index contributed by atoms with van der Waals surface area (Å²) in [5.41, 5.74) is 1.79. The Kier molecular flexibility index (Phi) is 11.3. The summed E-state index contributed by atoms with van der Waals surface area (Å²) < 4.78 is 39.6.